The molecule has 2 atom stereocenters. The number of hydrogen-bond donors (Lipinski definition) is 0. The van der Waals surface area contributed by atoms with Gasteiger partial charge in [-0.2, -0.15) is 0 Å². The predicted octanol–water partition coefficient (Wildman–Crippen LogP) is 4.08. The minimum absolute atomic E-state index is 0.108. The molecule has 3 heteroatoms. The SMILES string of the molecule is COC(=O)C(c1ccccc1)C(Br)c1ccccc1. The molecule has 2 rings (SSSR count). The van der Waals surface area contributed by atoms with E-state index in [4.69, 9.17) is 4.74 Å². The first-order valence-corrected chi connectivity index (χ1v) is 6.97. The summed E-state index contributed by atoms with van der Waals surface area (Å²) in [6.45, 7) is 0. The lowest BCUT2D eigenvalue weighted by atomic mass is 9.92. The number of methoxy groups -OCH3 is 1. The minimum Gasteiger partial charge on any atom is -0.469 e. The summed E-state index contributed by atoms with van der Waals surface area (Å²) in [5, 5.41) is 0. The van der Waals surface area contributed by atoms with E-state index in [2.05, 4.69) is 15.9 Å². The maximum absolute atomic E-state index is 12.1. The Morgan fingerprint density at radius 1 is 0.947 bits per heavy atom. The Kier molecular flexibility index (Phi) is 4.74. The summed E-state index contributed by atoms with van der Waals surface area (Å²) in [5.41, 5.74) is 2.00. The molecule has 0 aliphatic rings. The molecule has 0 saturated carbocycles. The Balaban J connectivity index is 2.36. The Morgan fingerprint density at radius 3 is 1.89 bits per heavy atom. The number of alkyl halides is 1. The van der Waals surface area contributed by atoms with Gasteiger partial charge in [-0.05, 0) is 11.1 Å². The van der Waals surface area contributed by atoms with Crippen molar-refractivity contribution in [3.63, 3.8) is 0 Å². The number of ether oxygens (including phenoxy) is 1. The van der Waals surface area contributed by atoms with Crippen LogP contribution in [0.15, 0.2) is 60.7 Å². The molecular weight excluding hydrogens is 304 g/mol. The molecule has 0 N–H and O–H groups in total. The van der Waals surface area contributed by atoms with Crippen LogP contribution in [-0.4, -0.2) is 13.1 Å². The van der Waals surface area contributed by atoms with Crippen molar-refractivity contribution in [3.8, 4) is 0 Å². The molecule has 0 radical (unpaired) electrons. The highest BCUT2D eigenvalue weighted by atomic mass is 79.9. The van der Waals surface area contributed by atoms with E-state index >= 15 is 0 Å². The van der Waals surface area contributed by atoms with E-state index in [0.29, 0.717) is 0 Å². The Hall–Kier alpha value is -1.61. The highest BCUT2D eigenvalue weighted by Gasteiger charge is 2.29. The van der Waals surface area contributed by atoms with E-state index in [0.717, 1.165) is 11.1 Å². The molecule has 19 heavy (non-hydrogen) atoms. The second-order valence-corrected chi connectivity index (χ2v) is 5.21. The van der Waals surface area contributed by atoms with E-state index in [-0.39, 0.29) is 16.7 Å². The topological polar surface area (TPSA) is 26.3 Å². The molecule has 98 valence electrons. The highest BCUT2D eigenvalue weighted by Crippen LogP contribution is 2.38. The van der Waals surface area contributed by atoms with Crippen LogP contribution in [0.25, 0.3) is 0 Å². The van der Waals surface area contributed by atoms with Gasteiger partial charge in [0.2, 0.25) is 0 Å². The van der Waals surface area contributed by atoms with E-state index in [9.17, 15) is 4.79 Å². The van der Waals surface area contributed by atoms with Crippen LogP contribution in [0.1, 0.15) is 21.9 Å². The number of hydrogen-bond acceptors (Lipinski definition) is 2. The van der Waals surface area contributed by atoms with Gasteiger partial charge in [0, 0.05) is 0 Å². The molecule has 0 aromatic heterocycles. The smallest absolute Gasteiger partial charge is 0.314 e. The van der Waals surface area contributed by atoms with Crippen LogP contribution in [0.2, 0.25) is 0 Å². The van der Waals surface area contributed by atoms with E-state index in [1.54, 1.807) is 0 Å². The summed E-state index contributed by atoms with van der Waals surface area (Å²) in [6.07, 6.45) is 0. The van der Waals surface area contributed by atoms with Crippen molar-refractivity contribution in [2.45, 2.75) is 10.7 Å². The quantitative estimate of drug-likeness (QED) is 0.627. The summed E-state index contributed by atoms with van der Waals surface area (Å²) >= 11 is 3.63. The fourth-order valence-corrected chi connectivity index (χ4v) is 2.87. The number of esters is 1. The van der Waals surface area contributed by atoms with Gasteiger partial charge in [0.15, 0.2) is 0 Å². The maximum Gasteiger partial charge on any atom is 0.314 e. The lowest BCUT2D eigenvalue weighted by Gasteiger charge is -2.21. The Bertz CT molecular complexity index is 525. The van der Waals surface area contributed by atoms with Crippen LogP contribution in [0.5, 0.6) is 0 Å². The molecule has 0 aliphatic carbocycles. The van der Waals surface area contributed by atoms with Gasteiger partial charge in [-0.3, -0.25) is 4.79 Å². The predicted molar refractivity (Wildman–Crippen MR) is 79.3 cm³/mol. The third-order valence-corrected chi connectivity index (χ3v) is 4.08. The first-order chi connectivity index (χ1) is 9.24. The lowest BCUT2D eigenvalue weighted by molar-refractivity contribution is -0.142. The minimum atomic E-state index is -0.353. The van der Waals surface area contributed by atoms with Crippen molar-refractivity contribution in [3.05, 3.63) is 71.8 Å². The van der Waals surface area contributed by atoms with Gasteiger partial charge in [0.25, 0.3) is 0 Å². The van der Waals surface area contributed by atoms with Crippen molar-refractivity contribution >= 4 is 21.9 Å². The van der Waals surface area contributed by atoms with Gasteiger partial charge in [0.05, 0.1) is 17.9 Å². The normalized spacial score (nSPS) is 13.6. The molecule has 2 aromatic rings. The van der Waals surface area contributed by atoms with E-state index < -0.39 is 0 Å². The molecule has 2 unspecified atom stereocenters. The van der Waals surface area contributed by atoms with Crippen molar-refractivity contribution < 1.29 is 9.53 Å². The summed E-state index contributed by atoms with van der Waals surface area (Å²) in [6, 6.07) is 19.6. The first kappa shape index (κ1) is 13.8. The third-order valence-electron chi connectivity index (χ3n) is 3.02. The average molecular weight is 319 g/mol. The Morgan fingerprint density at radius 2 is 1.42 bits per heavy atom. The first-order valence-electron chi connectivity index (χ1n) is 6.06. The van der Waals surface area contributed by atoms with Gasteiger partial charge in [-0.25, -0.2) is 0 Å². The second kappa shape index (κ2) is 6.53. The zero-order chi connectivity index (χ0) is 13.7. The average Bonchev–Trinajstić information content (AvgIpc) is 2.49. The highest BCUT2D eigenvalue weighted by molar-refractivity contribution is 9.09. The van der Waals surface area contributed by atoms with E-state index in [1.165, 1.54) is 7.11 Å². The molecular formula is C16H15BrO2. The zero-order valence-corrected chi connectivity index (χ0v) is 12.2. The number of rotatable bonds is 4. The van der Waals surface area contributed by atoms with Crippen LogP contribution in [0, 0.1) is 0 Å². The standard InChI is InChI=1S/C16H15BrO2/c1-19-16(18)14(12-8-4-2-5-9-12)15(17)13-10-6-3-7-11-13/h2-11,14-15H,1H3. The zero-order valence-electron chi connectivity index (χ0n) is 10.6. The van der Waals surface area contributed by atoms with Crippen LogP contribution in [0.4, 0.5) is 0 Å². The fraction of sp³-hybridized carbons (Fsp3) is 0.188. The summed E-state index contributed by atoms with van der Waals surface area (Å²) in [5.74, 6) is -0.592. The lowest BCUT2D eigenvalue weighted by Crippen LogP contribution is -2.18. The number of carbonyl (C=O) groups is 1. The molecule has 2 nitrogen and oxygen atoms in total. The molecule has 0 spiro atoms. The van der Waals surface area contributed by atoms with Crippen LogP contribution in [0.3, 0.4) is 0 Å². The molecule has 0 aliphatic heterocycles. The van der Waals surface area contributed by atoms with E-state index in [1.807, 2.05) is 60.7 Å². The summed E-state index contributed by atoms with van der Waals surface area (Å²) in [7, 11) is 1.42. The molecule has 0 fully saturated rings. The second-order valence-electron chi connectivity index (χ2n) is 4.22. The monoisotopic (exact) mass is 318 g/mol. The number of halogens is 1. The molecule has 2 aromatic carbocycles. The van der Waals surface area contributed by atoms with Crippen molar-refractivity contribution in [1.29, 1.82) is 0 Å². The third kappa shape index (κ3) is 3.24. The Labute approximate surface area is 121 Å². The van der Waals surface area contributed by atoms with Crippen molar-refractivity contribution in [2.75, 3.05) is 7.11 Å². The molecule has 0 heterocycles. The van der Waals surface area contributed by atoms with Gasteiger partial charge < -0.3 is 4.74 Å². The van der Waals surface area contributed by atoms with Gasteiger partial charge >= 0.3 is 5.97 Å². The van der Waals surface area contributed by atoms with Gasteiger partial charge in [-0.1, -0.05) is 76.6 Å². The fourth-order valence-electron chi connectivity index (χ4n) is 2.04. The van der Waals surface area contributed by atoms with Gasteiger partial charge in [0.1, 0.15) is 0 Å². The van der Waals surface area contributed by atoms with Crippen LogP contribution < -0.4 is 0 Å². The molecule has 0 amide bonds. The van der Waals surface area contributed by atoms with Crippen molar-refractivity contribution in [1.82, 2.24) is 0 Å². The molecule has 0 saturated heterocycles. The maximum atomic E-state index is 12.1. The van der Waals surface area contributed by atoms with Crippen molar-refractivity contribution in [2.24, 2.45) is 0 Å². The summed E-state index contributed by atoms with van der Waals surface area (Å²) < 4.78 is 4.94. The number of carbonyl (C=O) groups excluding carboxylic acids is 1. The molecule has 0 bridgehead atoms. The largest absolute Gasteiger partial charge is 0.469 e. The van der Waals surface area contributed by atoms with Crippen LogP contribution >= 0.6 is 15.9 Å². The van der Waals surface area contributed by atoms with Crippen LogP contribution in [-0.2, 0) is 9.53 Å². The number of benzene rings is 2. The summed E-state index contributed by atoms with van der Waals surface area (Å²) in [4.78, 5) is 12.0. The van der Waals surface area contributed by atoms with Gasteiger partial charge in [-0.15, -0.1) is 0 Å².